The minimum absolute atomic E-state index is 0.195. The van der Waals surface area contributed by atoms with Crippen molar-refractivity contribution in [3.8, 4) is 0 Å². The number of aliphatic carboxylic acids is 1. The van der Waals surface area contributed by atoms with Crippen molar-refractivity contribution < 1.29 is 53.6 Å². The average Bonchev–Trinajstić information content (AvgIpc) is 2.82. The first kappa shape index (κ1) is 33.7. The molecule has 5 amide bonds. The predicted octanol–water partition coefficient (Wildman–Crippen LogP) is -3.55. The highest BCUT2D eigenvalue weighted by Gasteiger charge is 2.47. The second-order valence-electron chi connectivity index (χ2n) is 9.59. The van der Waals surface area contributed by atoms with Crippen molar-refractivity contribution in [1.29, 1.82) is 0 Å². The van der Waals surface area contributed by atoms with Crippen LogP contribution in [0.5, 0.6) is 0 Å². The lowest BCUT2D eigenvalue weighted by molar-refractivity contribution is -0.259. The largest absolute Gasteiger partial charge is 0.481 e. The number of aliphatic hydroxyl groups is 2. The second-order valence-corrected chi connectivity index (χ2v) is 9.59. The van der Waals surface area contributed by atoms with Crippen molar-refractivity contribution in [3.05, 3.63) is 0 Å². The Bertz CT molecular complexity index is 915. The number of aliphatic hydroxyl groups excluding tert-OH is 2. The molecule has 1 saturated heterocycles. The van der Waals surface area contributed by atoms with Crippen LogP contribution in [0.3, 0.4) is 0 Å². The molecule has 222 valence electrons. The van der Waals surface area contributed by atoms with Gasteiger partial charge in [0.1, 0.15) is 42.5 Å². The summed E-state index contributed by atoms with van der Waals surface area (Å²) in [5.41, 5.74) is 5.26. The van der Waals surface area contributed by atoms with Gasteiger partial charge in [-0.3, -0.25) is 28.8 Å². The maximum Gasteiger partial charge on any atom is 0.303 e. The number of carbonyl (C=O) groups excluding carboxylic acids is 5. The fourth-order valence-corrected chi connectivity index (χ4v) is 3.81. The van der Waals surface area contributed by atoms with Crippen molar-refractivity contribution in [2.75, 3.05) is 6.54 Å². The van der Waals surface area contributed by atoms with Crippen LogP contribution >= 0.6 is 0 Å². The minimum Gasteiger partial charge on any atom is -0.481 e. The number of carboxylic acid groups (broad SMARTS) is 1. The van der Waals surface area contributed by atoms with Crippen LogP contribution in [0.1, 0.15) is 47.5 Å². The van der Waals surface area contributed by atoms with Crippen LogP contribution in [0.2, 0.25) is 0 Å². The summed E-state index contributed by atoms with van der Waals surface area (Å²) in [5.74, 6) is -5.21. The molecule has 0 radical (unpaired) electrons. The Hall–Kier alpha value is -3.34. The third kappa shape index (κ3) is 10.7. The maximum absolute atomic E-state index is 13.0. The van der Waals surface area contributed by atoms with E-state index in [1.54, 1.807) is 13.8 Å². The molecule has 0 aromatic carbocycles. The minimum atomic E-state index is -1.65. The SMILES string of the molecule is CC(=O)NC[C@H]1O[C@@H](O)[C@H](NC(C)=O)[C@@H](O[C@H](C)C(=O)N[C@H](C(=O)N[C@H](CCC(=O)O)C(N)=O)C(C)C)[C@@H]1O. The lowest BCUT2D eigenvalue weighted by atomic mass is 9.95. The number of carbonyl (C=O) groups is 6. The first-order valence-corrected chi connectivity index (χ1v) is 12.4. The Balaban J connectivity index is 3.02. The molecule has 1 rings (SSSR count). The number of nitrogens with one attached hydrogen (secondary N) is 4. The standard InChI is InChI=1S/C23H39N5O11/c1-9(2)16(22(36)27-13(20(24)34)6-7-15(31)32)28-21(35)10(3)38-19-17(26-12(5)30)23(37)39-14(18(19)33)8-25-11(4)29/h9-10,13-14,16-19,23,33,37H,6-8H2,1-5H3,(H2,24,34)(H,25,29)(H,26,30)(H,27,36)(H,28,35)(H,31,32)/t10-,13-,14-,16+,17-,18-,19-,23-/m1/s1. The van der Waals surface area contributed by atoms with Gasteiger partial charge in [0.05, 0.1) is 0 Å². The van der Waals surface area contributed by atoms with Crippen LogP contribution in [0.15, 0.2) is 0 Å². The van der Waals surface area contributed by atoms with Crippen LogP contribution in [-0.4, -0.2) is 106 Å². The molecule has 0 saturated carbocycles. The molecule has 0 bridgehead atoms. The monoisotopic (exact) mass is 561 g/mol. The number of carboxylic acids is 1. The Morgan fingerprint density at radius 3 is 2.08 bits per heavy atom. The molecule has 1 aliphatic heterocycles. The number of rotatable bonds is 14. The van der Waals surface area contributed by atoms with Crippen molar-refractivity contribution >= 4 is 35.5 Å². The Labute approximate surface area is 225 Å². The first-order chi connectivity index (χ1) is 18.0. The molecule has 1 aliphatic rings. The summed E-state index contributed by atoms with van der Waals surface area (Å²) >= 11 is 0. The topological polar surface area (TPSA) is 256 Å². The van der Waals surface area contributed by atoms with Crippen LogP contribution in [0.4, 0.5) is 0 Å². The summed E-state index contributed by atoms with van der Waals surface area (Å²) in [6, 6.07) is -3.74. The Kier molecular flexibility index (Phi) is 13.2. The average molecular weight is 562 g/mol. The Morgan fingerprint density at radius 2 is 1.59 bits per heavy atom. The zero-order valence-electron chi connectivity index (χ0n) is 22.5. The number of hydrogen-bond donors (Lipinski definition) is 8. The van der Waals surface area contributed by atoms with Crippen molar-refractivity contribution in [2.45, 2.75) is 96.3 Å². The van der Waals surface area contributed by atoms with Gasteiger partial charge in [-0.2, -0.15) is 0 Å². The summed E-state index contributed by atoms with van der Waals surface area (Å²) in [6.07, 6.45) is -7.65. The van der Waals surface area contributed by atoms with Crippen molar-refractivity contribution in [2.24, 2.45) is 11.7 Å². The molecule has 1 heterocycles. The molecule has 0 unspecified atom stereocenters. The zero-order chi connectivity index (χ0) is 30.0. The number of ether oxygens (including phenoxy) is 2. The van der Waals surface area contributed by atoms with Gasteiger partial charge in [0.15, 0.2) is 6.29 Å². The molecular formula is C23H39N5O11. The third-order valence-corrected chi connectivity index (χ3v) is 5.90. The molecule has 16 heteroatoms. The lowest BCUT2D eigenvalue weighted by Gasteiger charge is -2.43. The summed E-state index contributed by atoms with van der Waals surface area (Å²) in [6.45, 7) is 6.75. The smallest absolute Gasteiger partial charge is 0.303 e. The molecule has 0 spiro atoms. The summed E-state index contributed by atoms with van der Waals surface area (Å²) in [7, 11) is 0. The molecule has 0 aromatic rings. The molecule has 16 nitrogen and oxygen atoms in total. The van der Waals surface area contributed by atoms with E-state index in [4.69, 9.17) is 20.3 Å². The molecule has 8 atom stereocenters. The molecule has 0 aromatic heterocycles. The molecule has 0 aliphatic carbocycles. The van der Waals surface area contributed by atoms with Gasteiger partial charge < -0.3 is 51.8 Å². The van der Waals surface area contributed by atoms with E-state index in [1.165, 1.54) is 13.8 Å². The molecule has 39 heavy (non-hydrogen) atoms. The van der Waals surface area contributed by atoms with Crippen molar-refractivity contribution in [3.63, 3.8) is 0 Å². The normalized spacial score (nSPS) is 25.1. The van der Waals surface area contributed by atoms with E-state index in [0.29, 0.717) is 0 Å². The van der Waals surface area contributed by atoms with Gasteiger partial charge in [0.25, 0.3) is 0 Å². The van der Waals surface area contributed by atoms with Gasteiger partial charge in [-0.1, -0.05) is 13.8 Å². The first-order valence-electron chi connectivity index (χ1n) is 12.4. The van der Waals surface area contributed by atoms with Gasteiger partial charge in [-0.05, 0) is 19.3 Å². The highest BCUT2D eigenvalue weighted by molar-refractivity contribution is 5.92. The quantitative estimate of drug-likeness (QED) is 0.103. The number of nitrogens with two attached hydrogens (primary N) is 1. The van der Waals surface area contributed by atoms with Crippen LogP contribution in [-0.2, 0) is 38.2 Å². The second kappa shape index (κ2) is 15.3. The fraction of sp³-hybridized carbons (Fsp3) is 0.739. The summed E-state index contributed by atoms with van der Waals surface area (Å²) in [4.78, 5) is 71.3. The number of amides is 5. The summed E-state index contributed by atoms with van der Waals surface area (Å²) in [5, 5.41) is 39.8. The van der Waals surface area contributed by atoms with Crippen LogP contribution in [0.25, 0.3) is 0 Å². The number of primary amides is 1. The molecular weight excluding hydrogens is 522 g/mol. The van der Waals surface area contributed by atoms with E-state index in [9.17, 15) is 39.0 Å². The van der Waals surface area contributed by atoms with Gasteiger partial charge >= 0.3 is 5.97 Å². The van der Waals surface area contributed by atoms with Crippen LogP contribution in [0, 0.1) is 5.92 Å². The highest BCUT2D eigenvalue weighted by Crippen LogP contribution is 2.24. The van der Waals surface area contributed by atoms with Crippen molar-refractivity contribution in [1.82, 2.24) is 21.3 Å². The lowest BCUT2D eigenvalue weighted by Crippen LogP contribution is -2.66. The van der Waals surface area contributed by atoms with Gasteiger partial charge in [0.2, 0.25) is 29.5 Å². The molecule has 9 N–H and O–H groups in total. The van der Waals surface area contributed by atoms with E-state index in [0.717, 1.165) is 6.92 Å². The highest BCUT2D eigenvalue weighted by atomic mass is 16.6. The van der Waals surface area contributed by atoms with E-state index < -0.39 is 96.7 Å². The van der Waals surface area contributed by atoms with E-state index >= 15 is 0 Å². The van der Waals surface area contributed by atoms with Crippen LogP contribution < -0.4 is 27.0 Å². The number of hydrogen-bond acceptors (Lipinski definition) is 10. The van der Waals surface area contributed by atoms with E-state index in [2.05, 4.69) is 21.3 Å². The van der Waals surface area contributed by atoms with Gasteiger partial charge in [-0.25, -0.2) is 0 Å². The van der Waals surface area contributed by atoms with Gasteiger partial charge in [0, 0.05) is 26.8 Å². The van der Waals surface area contributed by atoms with Gasteiger partial charge in [-0.15, -0.1) is 0 Å². The molecule has 1 fully saturated rings. The van der Waals surface area contributed by atoms with E-state index in [1.807, 2.05) is 0 Å². The fourth-order valence-electron chi connectivity index (χ4n) is 3.81. The maximum atomic E-state index is 13.0. The summed E-state index contributed by atoms with van der Waals surface area (Å²) < 4.78 is 11.1. The Morgan fingerprint density at radius 1 is 0.974 bits per heavy atom. The zero-order valence-corrected chi connectivity index (χ0v) is 22.5. The third-order valence-electron chi connectivity index (χ3n) is 5.90. The van der Waals surface area contributed by atoms with E-state index in [-0.39, 0.29) is 13.0 Å². The predicted molar refractivity (Wildman–Crippen MR) is 132 cm³/mol.